The van der Waals surface area contributed by atoms with Crippen molar-refractivity contribution in [2.75, 3.05) is 25.0 Å². The second kappa shape index (κ2) is 9.20. The van der Waals surface area contributed by atoms with E-state index in [4.69, 9.17) is 11.6 Å². The van der Waals surface area contributed by atoms with E-state index in [0.29, 0.717) is 18.2 Å². The summed E-state index contributed by atoms with van der Waals surface area (Å²) in [5.74, 6) is -0.0261. The number of urea groups is 1. The van der Waals surface area contributed by atoms with E-state index in [1.54, 1.807) is 0 Å². The van der Waals surface area contributed by atoms with Crippen LogP contribution in [0.3, 0.4) is 0 Å². The van der Waals surface area contributed by atoms with E-state index in [1.807, 2.05) is 0 Å². The van der Waals surface area contributed by atoms with Crippen LogP contribution in [0.2, 0.25) is 5.02 Å². The van der Waals surface area contributed by atoms with Crippen molar-refractivity contribution < 1.29 is 9.18 Å². The van der Waals surface area contributed by atoms with Crippen LogP contribution in [-0.2, 0) is 6.54 Å². The van der Waals surface area contributed by atoms with Gasteiger partial charge in [0.2, 0.25) is 0 Å². The van der Waals surface area contributed by atoms with Crippen LogP contribution in [0, 0.1) is 18.7 Å². The van der Waals surface area contributed by atoms with Crippen molar-refractivity contribution in [3.8, 4) is 0 Å². The Morgan fingerprint density at radius 2 is 1.89 bits per heavy atom. The second-order valence-electron chi connectivity index (χ2n) is 7.17. The number of hydrogen-bond acceptors (Lipinski definition) is 2. The van der Waals surface area contributed by atoms with E-state index in [-0.39, 0.29) is 11.1 Å². The molecular formula is C21H25ClFN3O. The first-order valence-corrected chi connectivity index (χ1v) is 9.65. The Morgan fingerprint density at radius 3 is 2.56 bits per heavy atom. The molecule has 0 bridgehead atoms. The third-order valence-corrected chi connectivity index (χ3v) is 5.25. The molecule has 0 aromatic heterocycles. The van der Waals surface area contributed by atoms with E-state index in [2.05, 4.69) is 46.7 Å². The third-order valence-electron chi connectivity index (χ3n) is 4.96. The van der Waals surface area contributed by atoms with Crippen molar-refractivity contribution in [1.29, 1.82) is 0 Å². The fourth-order valence-corrected chi connectivity index (χ4v) is 3.47. The summed E-state index contributed by atoms with van der Waals surface area (Å²) in [6.07, 6.45) is 2.13. The number of nitrogens with one attached hydrogen (secondary N) is 2. The van der Waals surface area contributed by atoms with Gasteiger partial charge in [0.25, 0.3) is 0 Å². The van der Waals surface area contributed by atoms with Crippen LogP contribution < -0.4 is 10.6 Å². The number of amides is 2. The number of carbonyl (C=O) groups is 1. The molecule has 0 saturated carbocycles. The Kier molecular flexibility index (Phi) is 6.69. The SMILES string of the molecule is Cc1ccc(CN2CCC(CNC(=O)Nc3ccc(F)c(Cl)c3)CC2)cc1. The van der Waals surface area contributed by atoms with Crippen LogP contribution in [0.15, 0.2) is 42.5 Å². The normalized spacial score (nSPS) is 15.5. The second-order valence-corrected chi connectivity index (χ2v) is 7.58. The number of rotatable bonds is 5. The lowest BCUT2D eigenvalue weighted by Gasteiger charge is -2.32. The van der Waals surface area contributed by atoms with Crippen molar-refractivity contribution in [2.24, 2.45) is 5.92 Å². The lowest BCUT2D eigenvalue weighted by atomic mass is 9.96. The fraction of sp³-hybridized carbons (Fsp3) is 0.381. The van der Waals surface area contributed by atoms with Crippen LogP contribution in [-0.4, -0.2) is 30.6 Å². The average molecular weight is 390 g/mol. The molecule has 2 aromatic rings. The summed E-state index contributed by atoms with van der Waals surface area (Å²) in [5.41, 5.74) is 3.10. The minimum atomic E-state index is -0.500. The van der Waals surface area contributed by atoms with Crippen molar-refractivity contribution in [1.82, 2.24) is 10.2 Å². The largest absolute Gasteiger partial charge is 0.338 e. The zero-order chi connectivity index (χ0) is 19.2. The molecule has 1 saturated heterocycles. The van der Waals surface area contributed by atoms with Gasteiger partial charge in [-0.15, -0.1) is 0 Å². The topological polar surface area (TPSA) is 44.4 Å². The number of piperidine rings is 1. The summed E-state index contributed by atoms with van der Waals surface area (Å²) >= 11 is 5.72. The Bertz CT molecular complexity index is 773. The molecule has 0 unspecified atom stereocenters. The Labute approximate surface area is 164 Å². The van der Waals surface area contributed by atoms with Crippen molar-refractivity contribution >= 4 is 23.3 Å². The summed E-state index contributed by atoms with van der Waals surface area (Å²) in [6.45, 7) is 5.79. The van der Waals surface area contributed by atoms with Crippen molar-refractivity contribution in [3.63, 3.8) is 0 Å². The maximum atomic E-state index is 13.1. The number of nitrogens with zero attached hydrogens (tertiary/aromatic N) is 1. The number of hydrogen-bond donors (Lipinski definition) is 2. The van der Waals surface area contributed by atoms with E-state index < -0.39 is 5.82 Å². The first-order chi connectivity index (χ1) is 13.0. The van der Waals surface area contributed by atoms with E-state index >= 15 is 0 Å². The fourth-order valence-electron chi connectivity index (χ4n) is 3.29. The summed E-state index contributed by atoms with van der Waals surface area (Å²) < 4.78 is 13.1. The van der Waals surface area contributed by atoms with E-state index in [1.165, 1.54) is 29.3 Å². The highest BCUT2D eigenvalue weighted by molar-refractivity contribution is 6.31. The molecule has 0 radical (unpaired) electrons. The Balaban J connectivity index is 1.38. The predicted molar refractivity (Wildman–Crippen MR) is 108 cm³/mol. The van der Waals surface area contributed by atoms with Crippen LogP contribution in [0.4, 0.5) is 14.9 Å². The molecule has 6 heteroatoms. The maximum Gasteiger partial charge on any atom is 0.319 e. The standard InChI is InChI=1S/C21H25ClFN3O/c1-15-2-4-17(5-3-15)14-26-10-8-16(9-11-26)13-24-21(27)25-18-6-7-20(23)19(22)12-18/h2-7,12,16H,8-11,13-14H2,1H3,(H2,24,25,27). The van der Waals surface area contributed by atoms with Gasteiger partial charge in [-0.2, -0.15) is 0 Å². The van der Waals surface area contributed by atoms with Crippen LogP contribution in [0.1, 0.15) is 24.0 Å². The monoisotopic (exact) mass is 389 g/mol. The van der Waals surface area contributed by atoms with Crippen LogP contribution in [0.25, 0.3) is 0 Å². The summed E-state index contributed by atoms with van der Waals surface area (Å²) in [6, 6.07) is 12.5. The van der Waals surface area contributed by atoms with Gasteiger partial charge < -0.3 is 10.6 Å². The van der Waals surface area contributed by atoms with Crippen molar-refractivity contribution in [3.05, 3.63) is 64.4 Å². The minimum absolute atomic E-state index is 0.00579. The molecule has 3 rings (SSSR count). The zero-order valence-electron chi connectivity index (χ0n) is 15.5. The highest BCUT2D eigenvalue weighted by Crippen LogP contribution is 2.20. The third kappa shape index (κ3) is 5.94. The van der Waals surface area contributed by atoms with Gasteiger partial charge in [0.15, 0.2) is 0 Å². The Morgan fingerprint density at radius 1 is 1.19 bits per heavy atom. The zero-order valence-corrected chi connectivity index (χ0v) is 16.2. The number of carbonyl (C=O) groups excluding carboxylic acids is 1. The molecule has 2 aromatic carbocycles. The molecule has 0 spiro atoms. The summed E-state index contributed by atoms with van der Waals surface area (Å²) in [7, 11) is 0. The van der Waals surface area contributed by atoms with Crippen LogP contribution >= 0.6 is 11.6 Å². The first-order valence-electron chi connectivity index (χ1n) is 9.27. The summed E-state index contributed by atoms with van der Waals surface area (Å²) in [5, 5.41) is 5.58. The van der Waals surface area contributed by atoms with Gasteiger partial charge in [-0.25, -0.2) is 9.18 Å². The molecule has 27 heavy (non-hydrogen) atoms. The number of likely N-dealkylation sites (tertiary alicyclic amines) is 1. The molecular weight excluding hydrogens is 365 g/mol. The van der Waals surface area contributed by atoms with Gasteiger partial charge in [-0.05, 0) is 62.5 Å². The van der Waals surface area contributed by atoms with Gasteiger partial charge in [0, 0.05) is 18.8 Å². The van der Waals surface area contributed by atoms with E-state index in [9.17, 15) is 9.18 Å². The lowest BCUT2D eigenvalue weighted by molar-refractivity contribution is 0.175. The first kappa shape index (κ1) is 19.6. The molecule has 4 nitrogen and oxygen atoms in total. The minimum Gasteiger partial charge on any atom is -0.338 e. The van der Waals surface area contributed by atoms with Gasteiger partial charge >= 0.3 is 6.03 Å². The molecule has 1 aliphatic rings. The van der Waals surface area contributed by atoms with Gasteiger partial charge in [-0.1, -0.05) is 41.4 Å². The molecule has 1 aliphatic heterocycles. The van der Waals surface area contributed by atoms with Gasteiger partial charge in [-0.3, -0.25) is 4.90 Å². The molecule has 0 aliphatic carbocycles. The predicted octanol–water partition coefficient (Wildman–Crippen LogP) is 4.82. The number of anilines is 1. The lowest BCUT2D eigenvalue weighted by Crippen LogP contribution is -2.39. The van der Waals surface area contributed by atoms with Gasteiger partial charge in [0.1, 0.15) is 5.82 Å². The molecule has 144 valence electrons. The molecule has 0 atom stereocenters. The summed E-state index contributed by atoms with van der Waals surface area (Å²) in [4.78, 5) is 14.5. The quantitative estimate of drug-likeness (QED) is 0.769. The molecule has 1 heterocycles. The van der Waals surface area contributed by atoms with Crippen LogP contribution in [0.5, 0.6) is 0 Å². The smallest absolute Gasteiger partial charge is 0.319 e. The molecule has 2 amide bonds. The highest BCUT2D eigenvalue weighted by Gasteiger charge is 2.19. The maximum absolute atomic E-state index is 13.1. The molecule has 1 fully saturated rings. The number of benzene rings is 2. The van der Waals surface area contributed by atoms with Gasteiger partial charge in [0.05, 0.1) is 5.02 Å². The van der Waals surface area contributed by atoms with Crippen molar-refractivity contribution in [2.45, 2.75) is 26.3 Å². The number of halogens is 2. The molecule has 2 N–H and O–H groups in total. The highest BCUT2D eigenvalue weighted by atomic mass is 35.5. The number of aryl methyl sites for hydroxylation is 1. The Hall–Kier alpha value is -2.11. The van der Waals surface area contributed by atoms with E-state index in [0.717, 1.165) is 32.5 Å². The average Bonchev–Trinajstić information content (AvgIpc) is 2.66.